The van der Waals surface area contributed by atoms with Crippen molar-refractivity contribution in [2.75, 3.05) is 0 Å². The maximum absolute atomic E-state index is 11.0. The van der Waals surface area contributed by atoms with Gasteiger partial charge in [0.25, 0.3) is 0 Å². The van der Waals surface area contributed by atoms with Crippen LogP contribution in [0.2, 0.25) is 10.0 Å². The number of halogens is 2. The van der Waals surface area contributed by atoms with E-state index in [1.165, 1.54) is 30.5 Å². The summed E-state index contributed by atoms with van der Waals surface area (Å²) in [5, 5.41) is 32.5. The van der Waals surface area contributed by atoms with E-state index in [9.17, 15) is 24.9 Å². The first-order valence-corrected chi connectivity index (χ1v) is 7.17. The molecule has 0 spiro atoms. The van der Waals surface area contributed by atoms with Crippen molar-refractivity contribution in [1.82, 2.24) is 4.98 Å². The van der Waals surface area contributed by atoms with Crippen LogP contribution in [0.4, 0.5) is 0 Å². The van der Waals surface area contributed by atoms with Gasteiger partial charge in [-0.2, -0.15) is 0 Å². The molecule has 26 heavy (non-hydrogen) atoms. The van der Waals surface area contributed by atoms with Crippen LogP contribution >= 0.6 is 23.2 Å². The monoisotopic (exact) mass is 415 g/mol. The quantitative estimate of drug-likeness (QED) is 0.381. The number of carbonyl (C=O) groups is 2. The molecule has 0 amide bonds. The number of benzene rings is 1. The Kier molecular flexibility index (Phi) is 9.95. The standard InChI is InChI=1S/C15H11Cl2NO6.2Na/c1-15(13(20)21,14(22)23)24-11-3-2-7(4-10(11)19)12-9(17)5-8(16)6-18-12;;/h2-6,19H,1H3,(H,20,21)(H,22,23);;/q;2*+1/p-2. The van der Waals surface area contributed by atoms with E-state index in [1.54, 1.807) is 0 Å². The Labute approximate surface area is 202 Å². The normalized spacial score (nSPS) is 10.3. The molecular formula is C15H9Cl2NNa2O6. The van der Waals surface area contributed by atoms with Crippen LogP contribution in [0.5, 0.6) is 11.5 Å². The van der Waals surface area contributed by atoms with Crippen molar-refractivity contribution in [3.05, 3.63) is 40.5 Å². The summed E-state index contributed by atoms with van der Waals surface area (Å²) in [6, 6.07) is 5.21. The van der Waals surface area contributed by atoms with E-state index in [2.05, 4.69) is 4.98 Å². The van der Waals surface area contributed by atoms with Crippen LogP contribution in [0, 0.1) is 0 Å². The number of phenols is 1. The van der Waals surface area contributed by atoms with E-state index in [-0.39, 0.29) is 69.9 Å². The Bertz CT molecular complexity index is 820. The van der Waals surface area contributed by atoms with E-state index in [4.69, 9.17) is 27.9 Å². The summed E-state index contributed by atoms with van der Waals surface area (Å²) >= 11 is 11.8. The first kappa shape index (κ1) is 25.5. The SMILES string of the molecule is CC(Oc1ccc(-c2ncc(Cl)cc2Cl)cc1O)(C(=O)[O-])C(=O)[O-].[Na+].[Na+]. The van der Waals surface area contributed by atoms with Gasteiger partial charge in [-0.05, 0) is 31.2 Å². The fourth-order valence-electron chi connectivity index (χ4n) is 1.76. The fraction of sp³-hybridized carbons (Fsp3) is 0.133. The molecule has 2 rings (SSSR count). The van der Waals surface area contributed by atoms with Crippen molar-refractivity contribution >= 4 is 35.1 Å². The number of phenolic OH excluding ortho intramolecular Hbond substituents is 1. The molecule has 0 aliphatic carbocycles. The minimum atomic E-state index is -2.77. The number of aromatic hydroxyl groups is 1. The van der Waals surface area contributed by atoms with Crippen LogP contribution in [0.25, 0.3) is 11.3 Å². The molecular weight excluding hydrogens is 407 g/mol. The predicted molar refractivity (Wildman–Crippen MR) is 80.4 cm³/mol. The molecule has 0 aliphatic heterocycles. The summed E-state index contributed by atoms with van der Waals surface area (Å²) in [4.78, 5) is 26.0. The zero-order valence-electron chi connectivity index (χ0n) is 14.1. The molecule has 1 aromatic heterocycles. The fourth-order valence-corrected chi connectivity index (χ4v) is 2.25. The summed E-state index contributed by atoms with van der Waals surface area (Å²) in [7, 11) is 0. The first-order valence-electron chi connectivity index (χ1n) is 6.41. The number of carboxylic acid groups (broad SMARTS) is 2. The van der Waals surface area contributed by atoms with Gasteiger partial charge >= 0.3 is 59.1 Å². The van der Waals surface area contributed by atoms with Gasteiger partial charge in [-0.25, -0.2) is 0 Å². The number of hydrogen-bond acceptors (Lipinski definition) is 7. The largest absolute Gasteiger partial charge is 1.00 e. The van der Waals surface area contributed by atoms with E-state index in [0.717, 1.165) is 6.92 Å². The maximum atomic E-state index is 11.0. The summed E-state index contributed by atoms with van der Waals surface area (Å²) in [6.07, 6.45) is 1.35. The second-order valence-electron chi connectivity index (χ2n) is 4.88. The number of ether oxygens (including phenoxy) is 1. The smallest absolute Gasteiger partial charge is 0.545 e. The molecule has 0 saturated heterocycles. The molecule has 0 radical (unpaired) electrons. The number of rotatable bonds is 5. The molecule has 7 nitrogen and oxygen atoms in total. The van der Waals surface area contributed by atoms with Gasteiger partial charge in [-0.15, -0.1) is 0 Å². The third-order valence-corrected chi connectivity index (χ3v) is 3.63. The molecule has 2 aromatic rings. The molecule has 11 heteroatoms. The Morgan fingerprint density at radius 2 is 1.73 bits per heavy atom. The summed E-state index contributed by atoms with van der Waals surface area (Å²) < 4.78 is 4.85. The van der Waals surface area contributed by atoms with E-state index < -0.39 is 23.3 Å². The minimum Gasteiger partial charge on any atom is -0.545 e. The molecule has 0 atom stereocenters. The molecule has 1 N–H and O–H groups in total. The predicted octanol–water partition coefficient (Wildman–Crippen LogP) is -5.59. The first-order chi connectivity index (χ1) is 11.1. The van der Waals surface area contributed by atoms with Gasteiger partial charge < -0.3 is 29.6 Å². The molecule has 0 saturated carbocycles. The van der Waals surface area contributed by atoms with Gasteiger partial charge in [0.15, 0.2) is 17.1 Å². The molecule has 0 unspecified atom stereocenters. The Morgan fingerprint density at radius 3 is 2.19 bits per heavy atom. The van der Waals surface area contributed by atoms with Gasteiger partial charge in [0.05, 0.1) is 27.7 Å². The van der Waals surface area contributed by atoms with Crippen molar-refractivity contribution in [2.24, 2.45) is 0 Å². The Hall–Kier alpha value is -0.510. The van der Waals surface area contributed by atoms with Crippen LogP contribution in [0.1, 0.15) is 6.92 Å². The Morgan fingerprint density at radius 1 is 1.15 bits per heavy atom. The molecule has 0 aliphatic rings. The van der Waals surface area contributed by atoms with E-state index in [1.807, 2.05) is 0 Å². The van der Waals surface area contributed by atoms with Crippen molar-refractivity contribution in [3.8, 4) is 22.8 Å². The second-order valence-corrected chi connectivity index (χ2v) is 5.72. The van der Waals surface area contributed by atoms with Gasteiger partial charge in [0.1, 0.15) is 0 Å². The zero-order chi connectivity index (χ0) is 18.1. The number of nitrogens with zero attached hydrogens (tertiary/aromatic N) is 1. The van der Waals surface area contributed by atoms with E-state index in [0.29, 0.717) is 16.3 Å². The van der Waals surface area contributed by atoms with Gasteiger partial charge in [0.2, 0.25) is 0 Å². The van der Waals surface area contributed by atoms with Crippen LogP contribution in [-0.2, 0) is 9.59 Å². The maximum Gasteiger partial charge on any atom is 1.00 e. The van der Waals surface area contributed by atoms with Gasteiger partial charge in [-0.1, -0.05) is 23.2 Å². The van der Waals surface area contributed by atoms with Gasteiger partial charge in [-0.3, -0.25) is 4.98 Å². The number of carboxylic acids is 2. The van der Waals surface area contributed by atoms with Crippen LogP contribution in [-0.4, -0.2) is 27.6 Å². The molecule has 1 heterocycles. The molecule has 0 fully saturated rings. The average molecular weight is 416 g/mol. The number of pyridine rings is 1. The molecule has 0 bridgehead atoms. The van der Waals surface area contributed by atoms with Crippen LogP contribution in [0.15, 0.2) is 30.5 Å². The van der Waals surface area contributed by atoms with Gasteiger partial charge in [0, 0.05) is 11.8 Å². The summed E-state index contributed by atoms with van der Waals surface area (Å²) in [5.74, 6) is -4.95. The Balaban J connectivity index is 0.00000312. The van der Waals surface area contributed by atoms with Crippen molar-refractivity contribution in [1.29, 1.82) is 0 Å². The number of hydrogen-bond donors (Lipinski definition) is 1. The van der Waals surface area contributed by atoms with Crippen molar-refractivity contribution in [3.63, 3.8) is 0 Å². The topological polar surface area (TPSA) is 123 Å². The van der Waals surface area contributed by atoms with Crippen molar-refractivity contribution in [2.45, 2.75) is 12.5 Å². The number of aromatic nitrogens is 1. The molecule has 126 valence electrons. The molecule has 1 aromatic carbocycles. The van der Waals surface area contributed by atoms with Crippen molar-refractivity contribution < 1.29 is 88.8 Å². The van der Waals surface area contributed by atoms with Crippen LogP contribution in [0.3, 0.4) is 0 Å². The third kappa shape index (κ3) is 5.50. The van der Waals surface area contributed by atoms with Crippen LogP contribution < -0.4 is 74.1 Å². The average Bonchev–Trinajstić information content (AvgIpc) is 2.49. The van der Waals surface area contributed by atoms with E-state index >= 15 is 0 Å². The zero-order valence-corrected chi connectivity index (χ0v) is 19.6. The summed E-state index contributed by atoms with van der Waals surface area (Å²) in [6.45, 7) is 0.739. The number of aliphatic carboxylic acids is 2. The number of carbonyl (C=O) groups excluding carboxylic acids is 2. The third-order valence-electron chi connectivity index (χ3n) is 3.13. The second kappa shape index (κ2) is 10.1. The summed E-state index contributed by atoms with van der Waals surface area (Å²) in [5.41, 5.74) is -2.08. The minimum absolute atomic E-state index is 0.